The van der Waals surface area contributed by atoms with Gasteiger partial charge in [-0.2, -0.15) is 0 Å². The highest BCUT2D eigenvalue weighted by Crippen LogP contribution is 2.21. The van der Waals surface area contributed by atoms with Crippen molar-refractivity contribution in [2.45, 2.75) is 6.54 Å². The number of rotatable bonds is 8. The minimum Gasteiger partial charge on any atom is -0.494 e. The van der Waals surface area contributed by atoms with E-state index in [4.69, 9.17) is 9.84 Å². The minimum atomic E-state index is -0.924. The van der Waals surface area contributed by atoms with Crippen LogP contribution in [0.2, 0.25) is 0 Å². The number of aliphatic carboxylic acids is 1. The number of likely N-dealkylation sites (N-methyl/N-ethyl adjacent to an activating group) is 1. The van der Waals surface area contributed by atoms with Crippen LogP contribution in [0, 0.1) is 5.82 Å². The zero-order valence-corrected chi connectivity index (χ0v) is 12.1. The zero-order chi connectivity index (χ0) is 15.1. The molecule has 0 aromatic heterocycles. The first kappa shape index (κ1) is 16.4. The van der Waals surface area contributed by atoms with E-state index in [9.17, 15) is 9.18 Å². The fraction of sp³-hybridized carbons (Fsp3) is 0.500. The lowest BCUT2D eigenvalue weighted by Gasteiger charge is -2.22. The Morgan fingerprint density at radius 1 is 1.35 bits per heavy atom. The first-order chi connectivity index (χ1) is 9.43. The van der Waals surface area contributed by atoms with Gasteiger partial charge in [-0.25, -0.2) is 4.39 Å². The maximum Gasteiger partial charge on any atom is 0.317 e. The van der Waals surface area contributed by atoms with Crippen LogP contribution < -0.4 is 4.74 Å². The third-order valence-corrected chi connectivity index (χ3v) is 2.88. The normalized spacial score (nSPS) is 11.1. The minimum absolute atomic E-state index is 0.121. The summed E-state index contributed by atoms with van der Waals surface area (Å²) in [5, 5.41) is 8.92. The summed E-state index contributed by atoms with van der Waals surface area (Å²) in [5.41, 5.74) is 0.435. The van der Waals surface area contributed by atoms with E-state index in [-0.39, 0.29) is 18.8 Å². The number of ether oxygens (including phenoxy) is 1. The Balaban J connectivity index is 2.80. The molecule has 112 valence electrons. The SMILES string of the molecule is COc1cccc(CN(CCN(C)C)CC(=O)O)c1F. The van der Waals surface area contributed by atoms with Gasteiger partial charge in [0.2, 0.25) is 0 Å². The third kappa shape index (κ3) is 5.14. The fourth-order valence-corrected chi connectivity index (χ4v) is 1.82. The van der Waals surface area contributed by atoms with Gasteiger partial charge in [0, 0.05) is 25.2 Å². The first-order valence-corrected chi connectivity index (χ1v) is 6.34. The first-order valence-electron chi connectivity index (χ1n) is 6.34. The van der Waals surface area contributed by atoms with Crippen LogP contribution in [0.5, 0.6) is 5.75 Å². The van der Waals surface area contributed by atoms with Gasteiger partial charge in [-0.15, -0.1) is 0 Å². The maximum absolute atomic E-state index is 14.1. The third-order valence-electron chi connectivity index (χ3n) is 2.88. The topological polar surface area (TPSA) is 53.0 Å². The summed E-state index contributed by atoms with van der Waals surface area (Å²) in [6.07, 6.45) is 0. The van der Waals surface area contributed by atoms with Gasteiger partial charge in [-0.3, -0.25) is 9.69 Å². The van der Waals surface area contributed by atoms with Gasteiger partial charge in [-0.05, 0) is 20.2 Å². The van der Waals surface area contributed by atoms with E-state index in [1.54, 1.807) is 23.1 Å². The van der Waals surface area contributed by atoms with E-state index in [0.717, 1.165) is 0 Å². The molecule has 5 nitrogen and oxygen atoms in total. The van der Waals surface area contributed by atoms with E-state index in [2.05, 4.69) is 0 Å². The Morgan fingerprint density at radius 2 is 2.05 bits per heavy atom. The molecule has 6 heteroatoms. The summed E-state index contributed by atoms with van der Waals surface area (Å²) in [6.45, 7) is 1.38. The Labute approximate surface area is 118 Å². The van der Waals surface area contributed by atoms with Crippen molar-refractivity contribution in [2.75, 3.05) is 40.8 Å². The van der Waals surface area contributed by atoms with Gasteiger partial charge in [0.15, 0.2) is 11.6 Å². The molecule has 0 amide bonds. The maximum atomic E-state index is 14.1. The lowest BCUT2D eigenvalue weighted by molar-refractivity contribution is -0.138. The van der Waals surface area contributed by atoms with Crippen molar-refractivity contribution in [1.29, 1.82) is 0 Å². The Kier molecular flexibility index (Phi) is 6.41. The number of hydrogen-bond acceptors (Lipinski definition) is 4. The van der Waals surface area contributed by atoms with Crippen LogP contribution in [-0.4, -0.2) is 61.7 Å². The standard InChI is InChI=1S/C14H21FN2O3/c1-16(2)7-8-17(10-13(18)19)9-11-5-4-6-12(20-3)14(11)15/h4-6H,7-10H2,1-3H3,(H,18,19). The van der Waals surface area contributed by atoms with Crippen molar-refractivity contribution in [1.82, 2.24) is 9.80 Å². The zero-order valence-electron chi connectivity index (χ0n) is 12.1. The molecule has 0 saturated heterocycles. The molecule has 0 bridgehead atoms. The molecule has 0 atom stereocenters. The summed E-state index contributed by atoms with van der Waals surface area (Å²) in [7, 11) is 5.22. The number of halogens is 1. The highest BCUT2D eigenvalue weighted by Gasteiger charge is 2.15. The molecule has 0 heterocycles. The molecule has 0 saturated carbocycles. The second-order valence-electron chi connectivity index (χ2n) is 4.84. The number of carbonyl (C=O) groups is 1. The van der Waals surface area contributed by atoms with Crippen LogP contribution in [0.25, 0.3) is 0 Å². The Bertz CT molecular complexity index is 452. The molecular weight excluding hydrogens is 263 g/mol. The average molecular weight is 284 g/mol. The lowest BCUT2D eigenvalue weighted by atomic mass is 10.2. The molecule has 1 aromatic carbocycles. The molecule has 1 aromatic rings. The Morgan fingerprint density at radius 3 is 2.60 bits per heavy atom. The van der Waals surface area contributed by atoms with E-state index < -0.39 is 11.8 Å². The molecule has 0 aliphatic rings. The monoisotopic (exact) mass is 284 g/mol. The van der Waals surface area contributed by atoms with E-state index in [1.165, 1.54) is 7.11 Å². The quantitative estimate of drug-likeness (QED) is 0.779. The molecule has 0 aliphatic carbocycles. The summed E-state index contributed by atoms with van der Waals surface area (Å²) >= 11 is 0. The van der Waals surface area contributed by atoms with Gasteiger partial charge in [0.1, 0.15) is 0 Å². The largest absolute Gasteiger partial charge is 0.494 e. The smallest absolute Gasteiger partial charge is 0.317 e. The van der Waals surface area contributed by atoms with Gasteiger partial charge in [0.25, 0.3) is 0 Å². The molecule has 0 unspecified atom stereocenters. The van der Waals surface area contributed by atoms with Crippen molar-refractivity contribution >= 4 is 5.97 Å². The van der Waals surface area contributed by atoms with Crippen LogP contribution >= 0.6 is 0 Å². The number of nitrogens with zero attached hydrogens (tertiary/aromatic N) is 2. The Hall–Kier alpha value is -1.66. The van der Waals surface area contributed by atoms with Crippen LogP contribution in [0.3, 0.4) is 0 Å². The number of methoxy groups -OCH3 is 1. The number of carboxylic acids is 1. The second-order valence-corrected chi connectivity index (χ2v) is 4.84. The summed E-state index contributed by atoms with van der Waals surface area (Å²) in [6, 6.07) is 4.88. The van der Waals surface area contributed by atoms with Crippen molar-refractivity contribution in [3.05, 3.63) is 29.6 Å². The molecule has 20 heavy (non-hydrogen) atoms. The van der Waals surface area contributed by atoms with Gasteiger partial charge in [-0.1, -0.05) is 12.1 Å². The molecule has 0 aliphatic heterocycles. The summed E-state index contributed by atoms with van der Waals surface area (Å²) in [5.74, 6) is -1.19. The fourth-order valence-electron chi connectivity index (χ4n) is 1.82. The van der Waals surface area contributed by atoms with Crippen LogP contribution in [0.1, 0.15) is 5.56 Å². The van der Waals surface area contributed by atoms with Crippen LogP contribution in [-0.2, 0) is 11.3 Å². The van der Waals surface area contributed by atoms with Crippen molar-refractivity contribution in [3.8, 4) is 5.75 Å². The predicted octanol–water partition coefficient (Wildman–Crippen LogP) is 1.28. The number of hydrogen-bond donors (Lipinski definition) is 1. The van der Waals surface area contributed by atoms with Crippen molar-refractivity contribution < 1.29 is 19.0 Å². The molecule has 0 radical (unpaired) electrons. The van der Waals surface area contributed by atoms with Crippen molar-refractivity contribution in [3.63, 3.8) is 0 Å². The van der Waals surface area contributed by atoms with Crippen molar-refractivity contribution in [2.24, 2.45) is 0 Å². The van der Waals surface area contributed by atoms with Gasteiger partial charge in [0.05, 0.1) is 13.7 Å². The van der Waals surface area contributed by atoms with Crippen LogP contribution in [0.15, 0.2) is 18.2 Å². The van der Waals surface area contributed by atoms with E-state index in [0.29, 0.717) is 18.7 Å². The second kappa shape index (κ2) is 7.81. The van der Waals surface area contributed by atoms with Gasteiger partial charge < -0.3 is 14.7 Å². The van der Waals surface area contributed by atoms with Gasteiger partial charge >= 0.3 is 5.97 Å². The highest BCUT2D eigenvalue weighted by atomic mass is 19.1. The molecule has 0 spiro atoms. The molecular formula is C14H21FN2O3. The number of benzene rings is 1. The van der Waals surface area contributed by atoms with Crippen LogP contribution in [0.4, 0.5) is 4.39 Å². The average Bonchev–Trinajstić information content (AvgIpc) is 2.37. The summed E-state index contributed by atoms with van der Waals surface area (Å²) < 4.78 is 19.0. The molecule has 0 fully saturated rings. The number of carboxylic acid groups (broad SMARTS) is 1. The molecule has 1 rings (SSSR count). The van der Waals surface area contributed by atoms with E-state index in [1.807, 2.05) is 19.0 Å². The highest BCUT2D eigenvalue weighted by molar-refractivity contribution is 5.69. The van der Waals surface area contributed by atoms with E-state index >= 15 is 0 Å². The summed E-state index contributed by atoms with van der Waals surface area (Å²) in [4.78, 5) is 14.5. The predicted molar refractivity (Wildman–Crippen MR) is 74.4 cm³/mol. The lowest BCUT2D eigenvalue weighted by Crippen LogP contribution is -2.35. The molecule has 1 N–H and O–H groups in total.